The third-order valence-corrected chi connectivity index (χ3v) is 4.84. The summed E-state index contributed by atoms with van der Waals surface area (Å²) in [5.41, 5.74) is 0. The molecule has 3 atom stereocenters. The third-order valence-electron chi connectivity index (χ3n) is 4.84. The molecule has 106 valence electrons. The van der Waals surface area contributed by atoms with E-state index in [2.05, 4.69) is 36.3 Å². The van der Waals surface area contributed by atoms with Crippen LogP contribution in [-0.2, 0) is 0 Å². The number of hydrogen-bond donors (Lipinski definition) is 1. The van der Waals surface area contributed by atoms with Crippen LogP contribution < -0.4 is 5.32 Å². The Bertz CT molecular complexity index is 242. The first-order chi connectivity index (χ1) is 8.65. The van der Waals surface area contributed by atoms with E-state index < -0.39 is 0 Å². The lowest BCUT2D eigenvalue weighted by molar-refractivity contribution is 0.219. The summed E-state index contributed by atoms with van der Waals surface area (Å²) in [5.74, 6) is 3.17. The molecular weight excluding hydrogens is 222 g/mol. The summed E-state index contributed by atoms with van der Waals surface area (Å²) in [4.78, 5) is 4.76. The normalized spacial score (nSPS) is 30.8. The first kappa shape index (κ1) is 14.3. The van der Waals surface area contributed by atoms with Gasteiger partial charge in [-0.25, -0.2) is 0 Å². The topological polar surface area (TPSA) is 18.5 Å². The van der Waals surface area contributed by atoms with Crippen LogP contribution in [0.4, 0.5) is 0 Å². The molecule has 0 saturated heterocycles. The van der Waals surface area contributed by atoms with Crippen LogP contribution in [0.5, 0.6) is 0 Å². The van der Waals surface area contributed by atoms with Gasteiger partial charge >= 0.3 is 0 Å². The van der Waals surface area contributed by atoms with E-state index in [1.807, 2.05) is 0 Å². The zero-order valence-corrected chi connectivity index (χ0v) is 12.5. The number of likely N-dealkylation sites (N-methyl/N-ethyl adjacent to an activating group) is 2. The van der Waals surface area contributed by atoms with Gasteiger partial charge in [0.1, 0.15) is 0 Å². The molecule has 2 aliphatic carbocycles. The molecule has 18 heavy (non-hydrogen) atoms. The smallest absolute Gasteiger partial charge is 0.0104 e. The monoisotopic (exact) mass is 253 g/mol. The fourth-order valence-electron chi connectivity index (χ4n) is 3.79. The summed E-state index contributed by atoms with van der Waals surface area (Å²) in [6, 6.07) is 0. The lowest BCUT2D eigenvalue weighted by Crippen LogP contribution is -2.36. The van der Waals surface area contributed by atoms with E-state index in [9.17, 15) is 0 Å². The van der Waals surface area contributed by atoms with Crippen LogP contribution >= 0.6 is 0 Å². The molecule has 0 aromatic heterocycles. The van der Waals surface area contributed by atoms with Crippen LogP contribution in [0, 0.1) is 17.8 Å². The van der Waals surface area contributed by atoms with Crippen molar-refractivity contribution in [2.75, 3.05) is 53.9 Å². The van der Waals surface area contributed by atoms with Gasteiger partial charge in [-0.2, -0.15) is 0 Å². The number of hydrogen-bond acceptors (Lipinski definition) is 3. The van der Waals surface area contributed by atoms with Gasteiger partial charge in [-0.3, -0.25) is 0 Å². The highest BCUT2D eigenvalue weighted by molar-refractivity contribution is 4.90. The Kier molecular flexibility index (Phi) is 5.46. The molecular formula is C15H31N3. The van der Waals surface area contributed by atoms with Crippen molar-refractivity contribution in [3.8, 4) is 0 Å². The Morgan fingerprint density at radius 1 is 1.00 bits per heavy atom. The first-order valence-corrected chi connectivity index (χ1v) is 7.69. The van der Waals surface area contributed by atoms with Crippen molar-refractivity contribution in [1.29, 1.82) is 0 Å². The molecule has 2 rings (SSSR count). The number of nitrogens with zero attached hydrogens (tertiary/aromatic N) is 2. The number of fused-ring (bicyclic) bond motifs is 2. The van der Waals surface area contributed by atoms with Gasteiger partial charge in [0.15, 0.2) is 0 Å². The summed E-state index contributed by atoms with van der Waals surface area (Å²) < 4.78 is 0. The molecule has 1 N–H and O–H groups in total. The SMILES string of the molecule is CN(C)CCNCCN(C)CC1CC2CCC1C2. The first-order valence-electron chi connectivity index (χ1n) is 7.69. The van der Waals surface area contributed by atoms with Crippen LogP contribution in [0.3, 0.4) is 0 Å². The van der Waals surface area contributed by atoms with E-state index in [0.29, 0.717) is 0 Å². The average molecular weight is 253 g/mol. The second kappa shape index (κ2) is 6.88. The van der Waals surface area contributed by atoms with Gasteiger partial charge in [0.25, 0.3) is 0 Å². The highest BCUT2D eigenvalue weighted by Crippen LogP contribution is 2.48. The minimum Gasteiger partial charge on any atom is -0.314 e. The van der Waals surface area contributed by atoms with Crippen LogP contribution in [0.15, 0.2) is 0 Å². The molecule has 3 nitrogen and oxygen atoms in total. The maximum absolute atomic E-state index is 3.52. The predicted octanol–water partition coefficient (Wildman–Crippen LogP) is 1.51. The maximum Gasteiger partial charge on any atom is 0.0104 e. The molecule has 2 aliphatic rings. The van der Waals surface area contributed by atoms with Gasteiger partial charge in [-0.05, 0) is 58.2 Å². The second-order valence-electron chi connectivity index (χ2n) is 6.75. The molecule has 0 aromatic rings. The lowest BCUT2D eigenvalue weighted by Gasteiger charge is -2.27. The Labute approximate surface area is 113 Å². The zero-order chi connectivity index (χ0) is 13.0. The molecule has 0 aromatic carbocycles. The van der Waals surface area contributed by atoms with E-state index >= 15 is 0 Å². The highest BCUT2D eigenvalue weighted by atomic mass is 15.1. The Morgan fingerprint density at radius 3 is 2.39 bits per heavy atom. The van der Waals surface area contributed by atoms with Gasteiger partial charge < -0.3 is 15.1 Å². The van der Waals surface area contributed by atoms with Crippen LogP contribution in [0.2, 0.25) is 0 Å². The molecule has 3 unspecified atom stereocenters. The Balaban J connectivity index is 1.51. The fourth-order valence-corrected chi connectivity index (χ4v) is 3.79. The van der Waals surface area contributed by atoms with Gasteiger partial charge in [-0.1, -0.05) is 6.42 Å². The minimum atomic E-state index is 1.01. The van der Waals surface area contributed by atoms with E-state index in [-0.39, 0.29) is 0 Å². The largest absolute Gasteiger partial charge is 0.314 e. The van der Waals surface area contributed by atoms with Crippen molar-refractivity contribution < 1.29 is 0 Å². The van der Waals surface area contributed by atoms with Crippen molar-refractivity contribution in [3.05, 3.63) is 0 Å². The maximum atomic E-state index is 3.52. The molecule has 2 saturated carbocycles. The lowest BCUT2D eigenvalue weighted by atomic mass is 9.88. The Hall–Kier alpha value is -0.120. The van der Waals surface area contributed by atoms with Crippen LogP contribution in [0.25, 0.3) is 0 Å². The van der Waals surface area contributed by atoms with Crippen LogP contribution in [-0.4, -0.2) is 63.7 Å². The summed E-state index contributed by atoms with van der Waals surface area (Å²) >= 11 is 0. The van der Waals surface area contributed by atoms with Crippen molar-refractivity contribution in [2.45, 2.75) is 25.7 Å². The van der Waals surface area contributed by atoms with Gasteiger partial charge in [0.2, 0.25) is 0 Å². The molecule has 0 amide bonds. The minimum absolute atomic E-state index is 1.01. The van der Waals surface area contributed by atoms with Crippen LogP contribution in [0.1, 0.15) is 25.7 Å². The number of rotatable bonds is 8. The molecule has 0 spiro atoms. The molecule has 2 bridgehead atoms. The highest BCUT2D eigenvalue weighted by Gasteiger charge is 2.39. The van der Waals surface area contributed by atoms with Crippen molar-refractivity contribution >= 4 is 0 Å². The van der Waals surface area contributed by atoms with E-state index in [1.54, 1.807) is 6.42 Å². The van der Waals surface area contributed by atoms with Crippen molar-refractivity contribution in [3.63, 3.8) is 0 Å². The van der Waals surface area contributed by atoms with Gasteiger partial charge in [-0.15, -0.1) is 0 Å². The van der Waals surface area contributed by atoms with Gasteiger partial charge in [0.05, 0.1) is 0 Å². The third kappa shape index (κ3) is 4.22. The van der Waals surface area contributed by atoms with E-state index in [0.717, 1.165) is 37.4 Å². The standard InChI is InChI=1S/C15H31N3/c1-17(2)8-6-16-7-9-18(3)12-15-11-13-4-5-14(15)10-13/h13-16H,4-12H2,1-3H3. The predicted molar refractivity (Wildman–Crippen MR) is 77.9 cm³/mol. The van der Waals surface area contributed by atoms with Crippen molar-refractivity contribution in [1.82, 2.24) is 15.1 Å². The summed E-state index contributed by atoms with van der Waals surface area (Å²) in [6.07, 6.45) is 6.10. The van der Waals surface area contributed by atoms with Crippen molar-refractivity contribution in [2.24, 2.45) is 17.8 Å². The molecule has 0 aliphatic heterocycles. The van der Waals surface area contributed by atoms with E-state index in [4.69, 9.17) is 0 Å². The molecule has 2 fully saturated rings. The molecule has 0 heterocycles. The fraction of sp³-hybridized carbons (Fsp3) is 1.00. The molecule has 3 heteroatoms. The quantitative estimate of drug-likeness (QED) is 0.662. The number of nitrogens with one attached hydrogen (secondary N) is 1. The second-order valence-corrected chi connectivity index (χ2v) is 6.75. The Morgan fingerprint density at radius 2 is 1.78 bits per heavy atom. The van der Waals surface area contributed by atoms with Gasteiger partial charge in [0, 0.05) is 32.7 Å². The average Bonchev–Trinajstić information content (AvgIpc) is 2.90. The zero-order valence-electron chi connectivity index (χ0n) is 12.5. The van der Waals surface area contributed by atoms with E-state index in [1.165, 1.54) is 32.4 Å². The summed E-state index contributed by atoms with van der Waals surface area (Å²) in [6.45, 7) is 5.90. The summed E-state index contributed by atoms with van der Waals surface area (Å²) in [5, 5.41) is 3.52. The molecule has 0 radical (unpaired) electrons. The summed E-state index contributed by atoms with van der Waals surface area (Å²) in [7, 11) is 6.55.